The van der Waals surface area contributed by atoms with Gasteiger partial charge in [0.2, 0.25) is 0 Å². The third-order valence-corrected chi connectivity index (χ3v) is 11.8. The maximum Gasteiger partial charge on any atom is 0.405 e. The zero-order valence-corrected chi connectivity index (χ0v) is 15.7. The molecule has 20 heavy (non-hydrogen) atoms. The Kier molecular flexibility index (Phi) is 5.89. The summed E-state index contributed by atoms with van der Waals surface area (Å²) in [5, 5.41) is 0.115. The van der Waals surface area contributed by atoms with E-state index in [1.165, 1.54) is 0 Å². The highest BCUT2D eigenvalue weighted by Gasteiger charge is 2.48. The first-order valence-corrected chi connectivity index (χ1v) is 10.2. The molecule has 1 amide bonds. The summed E-state index contributed by atoms with van der Waals surface area (Å²) in [6.45, 7) is 20.2. The molecule has 0 fully saturated rings. The lowest BCUT2D eigenvalue weighted by atomic mass is 10.1. The van der Waals surface area contributed by atoms with E-state index in [1.54, 1.807) is 0 Å². The van der Waals surface area contributed by atoms with Crippen molar-refractivity contribution in [3.05, 3.63) is 0 Å². The Bertz CT molecular complexity index is 344. The molecule has 4 nitrogen and oxygen atoms in total. The molecule has 2 N–H and O–H groups in total. The molecule has 0 radical (unpaired) electrons. The van der Waals surface area contributed by atoms with E-state index in [0.717, 1.165) is 0 Å². The second-order valence-electron chi connectivity index (χ2n) is 8.16. The zero-order valence-electron chi connectivity index (χ0n) is 14.7. The van der Waals surface area contributed by atoms with E-state index in [4.69, 9.17) is 15.2 Å². The van der Waals surface area contributed by atoms with Gasteiger partial charge in [-0.1, -0.05) is 33.9 Å². The van der Waals surface area contributed by atoms with E-state index < -0.39 is 19.8 Å². The zero-order chi connectivity index (χ0) is 16.4. The van der Waals surface area contributed by atoms with Crippen molar-refractivity contribution in [3.63, 3.8) is 0 Å². The largest absolute Gasteiger partial charge is 0.444 e. The molecule has 0 aromatic carbocycles. The third kappa shape index (κ3) is 5.09. The van der Waals surface area contributed by atoms with Crippen LogP contribution in [0.5, 0.6) is 0 Å². The van der Waals surface area contributed by atoms with E-state index in [-0.39, 0.29) is 10.3 Å². The molecule has 0 spiro atoms. The maximum absolute atomic E-state index is 10.8. The molecule has 0 rings (SSSR count). The lowest BCUT2D eigenvalue weighted by Gasteiger charge is -2.48. The van der Waals surface area contributed by atoms with Gasteiger partial charge in [-0.3, -0.25) is 0 Å². The van der Waals surface area contributed by atoms with E-state index >= 15 is 0 Å². The maximum atomic E-state index is 10.8. The molecule has 0 aliphatic rings. The van der Waals surface area contributed by atoms with Gasteiger partial charge in [0.1, 0.15) is 5.60 Å². The molecule has 0 bridgehead atoms. The summed E-state index contributed by atoms with van der Waals surface area (Å²) >= 11 is 0. The molecule has 0 aromatic rings. The van der Waals surface area contributed by atoms with Gasteiger partial charge < -0.3 is 15.2 Å². The quantitative estimate of drug-likeness (QED) is 0.752. The molecule has 0 atom stereocenters. The highest BCUT2D eigenvalue weighted by molar-refractivity contribution is 6.82. The van der Waals surface area contributed by atoms with Crippen molar-refractivity contribution in [2.45, 2.75) is 83.8 Å². The summed E-state index contributed by atoms with van der Waals surface area (Å²) in [6, 6.07) is 0. The van der Waals surface area contributed by atoms with Crippen molar-refractivity contribution in [1.82, 2.24) is 0 Å². The summed E-state index contributed by atoms with van der Waals surface area (Å²) in [5.41, 5.74) is 4.48. The first kappa shape index (κ1) is 19.4. The number of ether oxygens (including phenoxy) is 2. The lowest BCUT2D eigenvalue weighted by Crippen LogP contribution is -2.58. The van der Waals surface area contributed by atoms with Crippen LogP contribution in [0, 0.1) is 0 Å². The second-order valence-corrected chi connectivity index (χ2v) is 14.1. The van der Waals surface area contributed by atoms with E-state index in [2.05, 4.69) is 47.7 Å². The van der Waals surface area contributed by atoms with E-state index in [1.807, 2.05) is 13.8 Å². The fraction of sp³-hybridized carbons (Fsp3) is 0.933. The molecular weight excluding hydrogens is 270 g/mol. The molecule has 0 unspecified atom stereocenters. The van der Waals surface area contributed by atoms with Crippen LogP contribution in [0.3, 0.4) is 0 Å². The topological polar surface area (TPSA) is 61.6 Å². The van der Waals surface area contributed by atoms with Crippen LogP contribution in [0.4, 0.5) is 4.79 Å². The van der Waals surface area contributed by atoms with Crippen LogP contribution < -0.4 is 5.73 Å². The van der Waals surface area contributed by atoms with Gasteiger partial charge in [0.15, 0.2) is 0 Å². The molecule has 0 aliphatic carbocycles. The van der Waals surface area contributed by atoms with Gasteiger partial charge in [-0.05, 0) is 32.7 Å². The summed E-state index contributed by atoms with van der Waals surface area (Å²) in [7, 11) is -1.62. The van der Waals surface area contributed by atoms with E-state index in [0.29, 0.717) is 13.0 Å². The van der Waals surface area contributed by atoms with Gasteiger partial charge in [0.05, 0.1) is 19.9 Å². The number of carbonyl (C=O) groups is 1. The Morgan fingerprint density at radius 1 is 1.05 bits per heavy atom. The van der Waals surface area contributed by atoms with Crippen molar-refractivity contribution >= 4 is 14.2 Å². The highest BCUT2D eigenvalue weighted by Crippen LogP contribution is 2.44. The molecule has 0 heterocycles. The predicted molar refractivity (Wildman–Crippen MR) is 86.6 cm³/mol. The molecule has 120 valence electrons. The average Bonchev–Trinajstić information content (AvgIpc) is 2.11. The van der Waals surface area contributed by atoms with Gasteiger partial charge in [-0.15, -0.1) is 0 Å². The molecule has 0 saturated carbocycles. The van der Waals surface area contributed by atoms with Gasteiger partial charge >= 0.3 is 6.09 Å². The van der Waals surface area contributed by atoms with Crippen LogP contribution in [-0.2, 0) is 9.47 Å². The number of nitrogens with two attached hydrogens (primary N) is 1. The Morgan fingerprint density at radius 2 is 1.50 bits per heavy atom. The van der Waals surface area contributed by atoms with Gasteiger partial charge in [0.25, 0.3) is 0 Å². The molecular formula is C15H33NO3Si. The highest BCUT2D eigenvalue weighted by atomic mass is 28.3. The van der Waals surface area contributed by atoms with Crippen LogP contribution in [-0.4, -0.2) is 31.6 Å². The number of carbonyl (C=O) groups excluding carboxylic acids is 1. The standard InChI is InChI=1S/C15H33NO3Si/c1-13(2,3)20(8,9)15(6,7)18-11-10-14(4,5)19-12(16)17/h10-11H2,1-9H3,(H2,16,17). The first-order valence-electron chi connectivity index (χ1n) is 7.25. The lowest BCUT2D eigenvalue weighted by molar-refractivity contribution is -0.0186. The van der Waals surface area contributed by atoms with Crippen molar-refractivity contribution in [3.8, 4) is 0 Å². The van der Waals surface area contributed by atoms with Gasteiger partial charge in [0, 0.05) is 6.42 Å². The Morgan fingerprint density at radius 3 is 1.85 bits per heavy atom. The second kappa shape index (κ2) is 6.06. The van der Waals surface area contributed by atoms with Crippen molar-refractivity contribution in [2.24, 2.45) is 5.73 Å². The van der Waals surface area contributed by atoms with Crippen molar-refractivity contribution < 1.29 is 14.3 Å². The fourth-order valence-electron chi connectivity index (χ4n) is 1.96. The molecule has 0 aromatic heterocycles. The number of primary amides is 1. The van der Waals surface area contributed by atoms with Crippen LogP contribution in [0.25, 0.3) is 0 Å². The normalized spacial score (nSPS) is 14.2. The number of amides is 1. The van der Waals surface area contributed by atoms with E-state index in [9.17, 15) is 4.79 Å². The Hall–Kier alpha value is -0.553. The molecule has 0 aliphatic heterocycles. The molecule has 5 heteroatoms. The molecule has 0 saturated heterocycles. The fourth-order valence-corrected chi connectivity index (χ4v) is 4.23. The minimum Gasteiger partial charge on any atom is -0.444 e. The van der Waals surface area contributed by atoms with Crippen LogP contribution in [0.15, 0.2) is 0 Å². The summed E-state index contributed by atoms with van der Waals surface area (Å²) in [6.07, 6.45) is -0.104. The van der Waals surface area contributed by atoms with Crippen LogP contribution in [0.1, 0.15) is 54.9 Å². The summed E-state index contributed by atoms with van der Waals surface area (Å²) < 4.78 is 11.2. The summed E-state index contributed by atoms with van der Waals surface area (Å²) in [5.74, 6) is 0. The number of hydrogen-bond donors (Lipinski definition) is 1. The third-order valence-electron chi connectivity index (χ3n) is 4.92. The predicted octanol–water partition coefficient (Wildman–Crippen LogP) is 4.09. The van der Waals surface area contributed by atoms with Crippen molar-refractivity contribution in [2.75, 3.05) is 6.61 Å². The van der Waals surface area contributed by atoms with Crippen molar-refractivity contribution in [1.29, 1.82) is 0 Å². The number of rotatable bonds is 6. The Labute approximate surface area is 125 Å². The first-order chi connectivity index (χ1) is 8.62. The smallest absolute Gasteiger partial charge is 0.405 e. The van der Waals surface area contributed by atoms with Gasteiger partial charge in [-0.25, -0.2) is 4.79 Å². The van der Waals surface area contributed by atoms with Crippen LogP contribution in [0.2, 0.25) is 18.1 Å². The van der Waals surface area contributed by atoms with Gasteiger partial charge in [-0.2, -0.15) is 0 Å². The average molecular weight is 304 g/mol. The van der Waals surface area contributed by atoms with Crippen LogP contribution >= 0.6 is 0 Å². The monoisotopic (exact) mass is 303 g/mol. The SMILES string of the molecule is CC(C)(CCOC(C)(C)[Si](C)(C)C(C)(C)C)OC(N)=O. The summed E-state index contributed by atoms with van der Waals surface area (Å²) in [4.78, 5) is 10.8. The Balaban J connectivity index is 4.62. The number of hydrogen-bond acceptors (Lipinski definition) is 3. The minimum absolute atomic E-state index is 0.145. The minimum atomic E-state index is -1.62.